The quantitative estimate of drug-likeness (QED) is 0.553. The zero-order valence-corrected chi connectivity index (χ0v) is 20.1. The molecule has 1 atom stereocenters. The number of benzene rings is 1. The van der Waals surface area contributed by atoms with Crippen LogP contribution in [0.1, 0.15) is 53.2 Å². The van der Waals surface area contributed by atoms with Gasteiger partial charge in [0.05, 0.1) is 17.3 Å². The van der Waals surface area contributed by atoms with E-state index in [9.17, 15) is 4.79 Å². The summed E-state index contributed by atoms with van der Waals surface area (Å²) in [5.74, 6) is 0.843. The first-order valence-corrected chi connectivity index (χ1v) is 11.8. The van der Waals surface area contributed by atoms with Gasteiger partial charge in [-0.25, -0.2) is 4.79 Å². The molecule has 2 aliphatic heterocycles. The van der Waals surface area contributed by atoms with E-state index >= 15 is 0 Å². The van der Waals surface area contributed by atoms with Crippen LogP contribution in [0.15, 0.2) is 36.5 Å². The molecule has 1 amide bonds. The zero-order valence-electron chi connectivity index (χ0n) is 20.1. The number of amides is 1. The molecule has 0 bridgehead atoms. The Hall–Kier alpha value is -3.09. The minimum Gasteiger partial charge on any atom is -0.491 e. The fourth-order valence-electron chi connectivity index (χ4n) is 4.97. The predicted octanol–water partition coefficient (Wildman–Crippen LogP) is 5.17. The smallest absolute Gasteiger partial charge is 0.410 e. The van der Waals surface area contributed by atoms with E-state index in [2.05, 4.69) is 21.8 Å². The molecular weight excluding hydrogens is 416 g/mol. The molecule has 7 heteroatoms. The third-order valence-corrected chi connectivity index (χ3v) is 6.45. The van der Waals surface area contributed by atoms with Crippen LogP contribution in [0.2, 0.25) is 0 Å². The van der Waals surface area contributed by atoms with Gasteiger partial charge in [0.1, 0.15) is 11.4 Å². The number of carbonyl (C=O) groups excluding carboxylic acids is 1. The molecule has 174 valence electrons. The van der Waals surface area contributed by atoms with Gasteiger partial charge < -0.3 is 14.4 Å². The predicted molar refractivity (Wildman–Crippen MR) is 127 cm³/mol. The highest BCUT2D eigenvalue weighted by molar-refractivity contribution is 5.84. The van der Waals surface area contributed by atoms with Crippen LogP contribution in [0.5, 0.6) is 5.75 Å². The monoisotopic (exact) mass is 448 g/mol. The van der Waals surface area contributed by atoms with Gasteiger partial charge in [-0.2, -0.15) is 5.10 Å². The van der Waals surface area contributed by atoms with Crippen LogP contribution in [0.3, 0.4) is 0 Å². The van der Waals surface area contributed by atoms with E-state index in [1.807, 2.05) is 63.9 Å². The second kappa shape index (κ2) is 7.75. The Morgan fingerprint density at radius 1 is 1.12 bits per heavy atom. The first-order chi connectivity index (χ1) is 15.6. The molecule has 5 rings (SSSR count). The Bertz CT molecular complexity index is 1210. The Morgan fingerprint density at radius 3 is 2.67 bits per heavy atom. The van der Waals surface area contributed by atoms with E-state index in [1.54, 1.807) is 0 Å². The van der Waals surface area contributed by atoms with Crippen molar-refractivity contribution in [3.05, 3.63) is 42.2 Å². The van der Waals surface area contributed by atoms with Crippen molar-refractivity contribution in [2.24, 2.45) is 0 Å². The van der Waals surface area contributed by atoms with Gasteiger partial charge in [-0.1, -0.05) is 0 Å². The number of carbonyl (C=O) groups is 1. The van der Waals surface area contributed by atoms with Gasteiger partial charge in [-0.15, -0.1) is 0 Å². The summed E-state index contributed by atoms with van der Waals surface area (Å²) in [6.07, 6.45) is 3.72. The maximum Gasteiger partial charge on any atom is 0.410 e. The van der Waals surface area contributed by atoms with Crippen molar-refractivity contribution in [3.8, 4) is 17.0 Å². The Balaban J connectivity index is 1.41. The number of ether oxygens (including phenoxy) is 2. The van der Waals surface area contributed by atoms with Crippen molar-refractivity contribution in [2.75, 3.05) is 13.1 Å². The molecule has 0 aliphatic carbocycles. The summed E-state index contributed by atoms with van der Waals surface area (Å²) in [6.45, 7) is 12.0. The number of nitrogens with zero attached hydrogens (tertiary/aromatic N) is 4. The van der Waals surface area contributed by atoms with E-state index in [1.165, 1.54) is 5.69 Å². The minimum atomic E-state index is -0.486. The highest BCUT2D eigenvalue weighted by atomic mass is 16.6. The van der Waals surface area contributed by atoms with Crippen LogP contribution in [0.4, 0.5) is 4.79 Å². The molecule has 2 aromatic heterocycles. The fourth-order valence-corrected chi connectivity index (χ4v) is 4.97. The van der Waals surface area contributed by atoms with Gasteiger partial charge in [-0.05, 0) is 77.8 Å². The summed E-state index contributed by atoms with van der Waals surface area (Å²) in [7, 11) is 0. The average molecular weight is 449 g/mol. The van der Waals surface area contributed by atoms with Crippen LogP contribution in [-0.2, 0) is 16.7 Å². The molecule has 1 unspecified atom stereocenters. The Morgan fingerprint density at radius 2 is 1.91 bits per heavy atom. The van der Waals surface area contributed by atoms with Crippen LogP contribution < -0.4 is 4.74 Å². The number of rotatable bonds is 3. The van der Waals surface area contributed by atoms with Crippen molar-refractivity contribution in [1.29, 1.82) is 0 Å². The summed E-state index contributed by atoms with van der Waals surface area (Å²) in [4.78, 5) is 19.1. The Labute approximate surface area is 194 Å². The number of hydrogen-bond acceptors (Lipinski definition) is 5. The number of fused-ring (bicyclic) bond motifs is 3. The van der Waals surface area contributed by atoms with Gasteiger partial charge >= 0.3 is 6.09 Å². The van der Waals surface area contributed by atoms with Crippen LogP contribution in [-0.4, -0.2) is 50.6 Å². The molecule has 1 saturated heterocycles. The number of hydrogen-bond donors (Lipinski definition) is 0. The second-order valence-electron chi connectivity index (χ2n) is 10.6. The van der Waals surface area contributed by atoms with E-state index < -0.39 is 5.60 Å². The van der Waals surface area contributed by atoms with Gasteiger partial charge in [-0.3, -0.25) is 9.67 Å². The van der Waals surface area contributed by atoms with Gasteiger partial charge in [0.25, 0.3) is 0 Å². The largest absolute Gasteiger partial charge is 0.491 e. The van der Waals surface area contributed by atoms with Crippen molar-refractivity contribution in [3.63, 3.8) is 0 Å². The summed E-state index contributed by atoms with van der Waals surface area (Å²) in [6, 6.07) is 10.3. The molecule has 7 nitrogen and oxygen atoms in total. The van der Waals surface area contributed by atoms with E-state index in [4.69, 9.17) is 14.6 Å². The summed E-state index contributed by atoms with van der Waals surface area (Å²) in [5.41, 5.74) is 3.51. The number of pyridine rings is 1. The highest BCUT2D eigenvalue weighted by Gasteiger charge is 2.47. The third-order valence-electron chi connectivity index (χ3n) is 6.45. The second-order valence-corrected chi connectivity index (χ2v) is 10.6. The average Bonchev–Trinajstić information content (AvgIpc) is 3.43. The Kier molecular flexibility index (Phi) is 5.10. The number of likely N-dealkylation sites (tertiary alicyclic amines) is 1. The lowest BCUT2D eigenvalue weighted by molar-refractivity contribution is 0.0284. The van der Waals surface area contributed by atoms with Gasteiger partial charge in [0.2, 0.25) is 0 Å². The van der Waals surface area contributed by atoms with E-state index in [0.29, 0.717) is 13.1 Å². The standard InChI is InChI=1S/C26H32N4O3/c1-17(2)32-20-6-7-21-18(13-20)12-19(15-27-21)22-14-23-26(9-11-30(23)28-22)8-10-29(16-26)24(31)33-25(3,4)5/h6-7,12-15,17H,8-11,16H2,1-5H3. The normalized spacial score (nSPS) is 20.1. The van der Waals surface area contributed by atoms with Crippen LogP contribution in [0, 0.1) is 0 Å². The fraction of sp³-hybridized carbons (Fsp3) is 0.500. The maximum atomic E-state index is 12.6. The molecular formula is C26H32N4O3. The van der Waals surface area contributed by atoms with Crippen molar-refractivity contribution in [1.82, 2.24) is 19.7 Å². The van der Waals surface area contributed by atoms with Crippen LogP contribution >= 0.6 is 0 Å². The zero-order chi connectivity index (χ0) is 23.4. The lowest BCUT2D eigenvalue weighted by Gasteiger charge is -2.26. The molecule has 0 N–H and O–H groups in total. The molecule has 4 heterocycles. The number of aromatic nitrogens is 3. The highest BCUT2D eigenvalue weighted by Crippen LogP contribution is 2.44. The third kappa shape index (κ3) is 4.16. The molecule has 0 radical (unpaired) electrons. The first kappa shape index (κ1) is 21.7. The van der Waals surface area contributed by atoms with E-state index in [0.717, 1.165) is 47.3 Å². The number of aryl methyl sites for hydroxylation is 1. The summed E-state index contributed by atoms with van der Waals surface area (Å²) >= 11 is 0. The molecule has 33 heavy (non-hydrogen) atoms. The van der Waals surface area contributed by atoms with E-state index in [-0.39, 0.29) is 17.6 Å². The summed E-state index contributed by atoms with van der Waals surface area (Å²) < 4.78 is 13.6. The van der Waals surface area contributed by atoms with Crippen molar-refractivity contribution >= 4 is 17.0 Å². The lowest BCUT2D eigenvalue weighted by atomic mass is 9.82. The van der Waals surface area contributed by atoms with Gasteiger partial charge in [0, 0.05) is 47.9 Å². The van der Waals surface area contributed by atoms with Crippen LogP contribution in [0.25, 0.3) is 22.2 Å². The van der Waals surface area contributed by atoms with Crippen molar-refractivity contribution in [2.45, 2.75) is 71.1 Å². The molecule has 0 saturated carbocycles. The maximum absolute atomic E-state index is 12.6. The first-order valence-electron chi connectivity index (χ1n) is 11.8. The molecule has 1 spiro atoms. The topological polar surface area (TPSA) is 69.5 Å². The van der Waals surface area contributed by atoms with Gasteiger partial charge in [0.15, 0.2) is 0 Å². The lowest BCUT2D eigenvalue weighted by Crippen LogP contribution is -2.37. The minimum absolute atomic E-state index is 0.0509. The summed E-state index contributed by atoms with van der Waals surface area (Å²) in [5, 5.41) is 5.93. The molecule has 1 aromatic carbocycles. The molecule has 3 aromatic rings. The van der Waals surface area contributed by atoms with Crippen molar-refractivity contribution < 1.29 is 14.3 Å². The molecule has 1 fully saturated rings. The molecule has 2 aliphatic rings. The SMILES string of the molecule is CC(C)Oc1ccc2ncc(-c3cc4n(n3)CCC43CCN(C(=O)OC(C)(C)C)C3)cc2c1.